The summed E-state index contributed by atoms with van der Waals surface area (Å²) < 4.78 is 20.0. The standard InChI is InChI=1S/C21H21FN2O4S/c22-15-5-2-1-4-14(15)18-17(19(25)16-6-3-13-29-16)20(26)21(27)24(18)8-7-23-9-11-28-12-10-23/h1-6,13,18,26H,7-12H2/t18-/m0/s1. The Kier molecular flexibility index (Phi) is 5.75. The number of hydrogen-bond donors (Lipinski definition) is 1. The number of hydrogen-bond acceptors (Lipinski definition) is 6. The van der Waals surface area contributed by atoms with Crippen molar-refractivity contribution in [3.8, 4) is 0 Å². The number of aliphatic hydroxyl groups is 1. The summed E-state index contributed by atoms with van der Waals surface area (Å²) in [5.41, 5.74) is 0.135. The number of amides is 1. The highest BCUT2D eigenvalue weighted by Crippen LogP contribution is 2.40. The summed E-state index contributed by atoms with van der Waals surface area (Å²) in [4.78, 5) is 29.9. The zero-order chi connectivity index (χ0) is 20.4. The first-order chi connectivity index (χ1) is 14.1. The van der Waals surface area contributed by atoms with Gasteiger partial charge in [-0.15, -0.1) is 11.3 Å². The van der Waals surface area contributed by atoms with Gasteiger partial charge < -0.3 is 14.7 Å². The van der Waals surface area contributed by atoms with Gasteiger partial charge in [-0.2, -0.15) is 0 Å². The summed E-state index contributed by atoms with van der Waals surface area (Å²) in [6, 6.07) is 8.45. The Labute approximate surface area is 171 Å². The number of nitrogens with zero attached hydrogens (tertiary/aromatic N) is 2. The van der Waals surface area contributed by atoms with Gasteiger partial charge in [0.1, 0.15) is 5.82 Å². The third kappa shape index (κ3) is 3.83. The molecule has 0 spiro atoms. The molecule has 1 N–H and O–H groups in total. The molecule has 8 heteroatoms. The highest BCUT2D eigenvalue weighted by Gasteiger charge is 2.44. The van der Waals surface area contributed by atoms with Crippen molar-refractivity contribution < 1.29 is 23.8 Å². The molecule has 1 atom stereocenters. The number of aliphatic hydroxyl groups excluding tert-OH is 1. The summed E-state index contributed by atoms with van der Waals surface area (Å²) >= 11 is 1.22. The molecule has 0 saturated carbocycles. The number of Topliss-reactive ketones (excluding diaryl/α,β-unsaturated/α-hetero) is 1. The number of carbonyl (C=O) groups excluding carboxylic acids is 2. The van der Waals surface area contributed by atoms with E-state index in [9.17, 15) is 19.1 Å². The summed E-state index contributed by atoms with van der Waals surface area (Å²) in [5, 5.41) is 12.3. The van der Waals surface area contributed by atoms with Gasteiger partial charge in [0.2, 0.25) is 5.78 Å². The maximum Gasteiger partial charge on any atom is 0.290 e. The predicted molar refractivity (Wildman–Crippen MR) is 106 cm³/mol. The van der Waals surface area contributed by atoms with Gasteiger partial charge in [-0.25, -0.2) is 4.39 Å². The van der Waals surface area contributed by atoms with Crippen LogP contribution < -0.4 is 0 Å². The highest BCUT2D eigenvalue weighted by atomic mass is 32.1. The van der Waals surface area contributed by atoms with Crippen LogP contribution in [-0.4, -0.2) is 66.0 Å². The molecule has 0 aliphatic carbocycles. The molecule has 3 heterocycles. The molecule has 2 aliphatic heterocycles. The number of thiophene rings is 1. The van der Waals surface area contributed by atoms with E-state index in [1.54, 1.807) is 35.7 Å². The topological polar surface area (TPSA) is 70.1 Å². The van der Waals surface area contributed by atoms with E-state index in [1.165, 1.54) is 22.3 Å². The summed E-state index contributed by atoms with van der Waals surface area (Å²) in [6.45, 7) is 3.54. The molecule has 2 aliphatic rings. The molecule has 152 valence electrons. The van der Waals surface area contributed by atoms with Gasteiger partial charge in [0, 0.05) is 31.7 Å². The lowest BCUT2D eigenvalue weighted by Gasteiger charge is -2.31. The lowest BCUT2D eigenvalue weighted by molar-refractivity contribution is -0.129. The van der Waals surface area contributed by atoms with E-state index < -0.39 is 29.3 Å². The van der Waals surface area contributed by atoms with Gasteiger partial charge in [0.25, 0.3) is 5.91 Å². The van der Waals surface area contributed by atoms with Crippen LogP contribution in [0.2, 0.25) is 0 Å². The fourth-order valence-corrected chi connectivity index (χ4v) is 4.43. The zero-order valence-corrected chi connectivity index (χ0v) is 16.5. The van der Waals surface area contributed by atoms with E-state index in [2.05, 4.69) is 4.90 Å². The maximum absolute atomic E-state index is 14.7. The van der Waals surface area contributed by atoms with Crippen molar-refractivity contribution in [3.63, 3.8) is 0 Å². The number of ether oxygens (including phenoxy) is 1. The molecule has 1 amide bonds. The van der Waals surface area contributed by atoms with E-state index >= 15 is 0 Å². The first kappa shape index (κ1) is 19.8. The van der Waals surface area contributed by atoms with Crippen molar-refractivity contribution in [1.82, 2.24) is 9.80 Å². The fourth-order valence-electron chi connectivity index (χ4n) is 3.75. The Morgan fingerprint density at radius 2 is 1.93 bits per heavy atom. The normalized spacial score (nSPS) is 20.5. The van der Waals surface area contributed by atoms with Crippen LogP contribution in [0.5, 0.6) is 0 Å². The summed E-state index contributed by atoms with van der Waals surface area (Å²) in [5.74, 6) is -2.22. The van der Waals surface area contributed by atoms with Crippen LogP contribution in [0.25, 0.3) is 0 Å². The van der Waals surface area contributed by atoms with Crippen LogP contribution in [0.15, 0.2) is 53.1 Å². The Morgan fingerprint density at radius 1 is 1.17 bits per heavy atom. The third-order valence-corrected chi connectivity index (χ3v) is 6.12. The molecule has 29 heavy (non-hydrogen) atoms. The van der Waals surface area contributed by atoms with Crippen LogP contribution in [0, 0.1) is 5.82 Å². The Hall–Kier alpha value is -2.55. The second kappa shape index (κ2) is 8.44. The molecular formula is C21H21FN2O4S. The largest absolute Gasteiger partial charge is 0.503 e. The molecule has 0 unspecified atom stereocenters. The Bertz CT molecular complexity index is 938. The lowest BCUT2D eigenvalue weighted by atomic mass is 9.95. The van der Waals surface area contributed by atoms with Crippen LogP contribution >= 0.6 is 11.3 Å². The van der Waals surface area contributed by atoms with Crippen molar-refractivity contribution in [1.29, 1.82) is 0 Å². The van der Waals surface area contributed by atoms with Crippen molar-refractivity contribution in [2.24, 2.45) is 0 Å². The molecule has 2 aromatic rings. The quantitative estimate of drug-likeness (QED) is 0.734. The van der Waals surface area contributed by atoms with E-state index in [-0.39, 0.29) is 17.7 Å². The average molecular weight is 416 g/mol. The van der Waals surface area contributed by atoms with Gasteiger partial charge in [-0.1, -0.05) is 24.3 Å². The van der Waals surface area contributed by atoms with Crippen LogP contribution in [-0.2, 0) is 9.53 Å². The first-order valence-electron chi connectivity index (χ1n) is 9.44. The molecule has 4 rings (SSSR count). The van der Waals surface area contributed by atoms with E-state index in [0.717, 1.165) is 13.1 Å². The van der Waals surface area contributed by atoms with Gasteiger partial charge in [-0.05, 0) is 17.5 Å². The first-order valence-corrected chi connectivity index (χ1v) is 10.3. The molecule has 1 fully saturated rings. The van der Waals surface area contributed by atoms with Crippen LogP contribution in [0.3, 0.4) is 0 Å². The van der Waals surface area contributed by atoms with E-state index in [4.69, 9.17) is 4.74 Å². The molecular weight excluding hydrogens is 395 g/mol. The molecule has 0 radical (unpaired) electrons. The Morgan fingerprint density at radius 3 is 2.62 bits per heavy atom. The number of ketones is 1. The number of carbonyl (C=O) groups is 2. The number of halogens is 1. The van der Waals surface area contributed by atoms with Crippen molar-refractivity contribution in [2.45, 2.75) is 6.04 Å². The van der Waals surface area contributed by atoms with Crippen molar-refractivity contribution in [3.05, 3.63) is 69.4 Å². The van der Waals surface area contributed by atoms with Crippen molar-refractivity contribution >= 4 is 23.0 Å². The average Bonchev–Trinajstić information content (AvgIpc) is 3.35. The minimum absolute atomic E-state index is 0.0653. The highest BCUT2D eigenvalue weighted by molar-refractivity contribution is 7.12. The van der Waals surface area contributed by atoms with Gasteiger partial charge in [-0.3, -0.25) is 14.5 Å². The maximum atomic E-state index is 14.7. The zero-order valence-electron chi connectivity index (χ0n) is 15.7. The SMILES string of the molecule is O=C(C1=C(O)C(=O)N(CCN2CCOCC2)[C@H]1c1ccccc1F)c1cccs1. The minimum atomic E-state index is -0.959. The number of benzene rings is 1. The van der Waals surface area contributed by atoms with Crippen molar-refractivity contribution in [2.75, 3.05) is 39.4 Å². The molecule has 1 aromatic carbocycles. The minimum Gasteiger partial charge on any atom is -0.503 e. The number of rotatable bonds is 6. The Balaban J connectivity index is 1.68. The van der Waals surface area contributed by atoms with E-state index in [1.807, 2.05) is 0 Å². The summed E-state index contributed by atoms with van der Waals surface area (Å²) in [6.07, 6.45) is 0. The lowest BCUT2D eigenvalue weighted by Crippen LogP contribution is -2.43. The summed E-state index contributed by atoms with van der Waals surface area (Å²) in [7, 11) is 0. The van der Waals surface area contributed by atoms with Crippen LogP contribution in [0.4, 0.5) is 4.39 Å². The van der Waals surface area contributed by atoms with Gasteiger partial charge in [0.05, 0.1) is 29.7 Å². The number of morpholine rings is 1. The molecule has 1 aromatic heterocycles. The predicted octanol–water partition coefficient (Wildman–Crippen LogP) is 2.80. The molecule has 6 nitrogen and oxygen atoms in total. The van der Waals surface area contributed by atoms with Gasteiger partial charge in [0.15, 0.2) is 5.76 Å². The second-order valence-electron chi connectivity index (χ2n) is 6.95. The smallest absolute Gasteiger partial charge is 0.290 e. The third-order valence-electron chi connectivity index (χ3n) is 5.25. The van der Waals surface area contributed by atoms with Crippen LogP contribution in [0.1, 0.15) is 21.3 Å². The van der Waals surface area contributed by atoms with E-state index in [0.29, 0.717) is 24.6 Å². The monoisotopic (exact) mass is 416 g/mol. The molecule has 0 bridgehead atoms. The van der Waals surface area contributed by atoms with Gasteiger partial charge >= 0.3 is 0 Å². The molecule has 1 saturated heterocycles. The fraction of sp³-hybridized carbons (Fsp3) is 0.333. The second-order valence-corrected chi connectivity index (χ2v) is 7.89.